The first-order valence-electron chi connectivity index (χ1n) is 11.9. The van der Waals surface area contributed by atoms with Crippen LogP contribution in [0.2, 0.25) is 5.02 Å². The van der Waals surface area contributed by atoms with E-state index in [0.717, 1.165) is 38.1 Å². The standard InChI is InChI=1S/C27H27ClF4N4O/c1-36-11-9-23(10-12-36)34-25(37)35-26(16-18-5-3-2-4-6-18,24-8-7-21(28)17-33-24)19-13-20(27(30,31)32)15-22(29)14-19/h2-8,13-15,17,23H,9-12,16H2,1H3,(H2,34,35,37)/t26-/m1/s1. The lowest BCUT2D eigenvalue weighted by Gasteiger charge is -2.37. The van der Waals surface area contributed by atoms with Crippen LogP contribution in [0.5, 0.6) is 0 Å². The SMILES string of the molecule is CN1CCC(NC(=O)N[C@](Cc2ccccc2)(c2cc(F)cc(C(F)(F)F)c2)c2ccc(Cl)cn2)CC1. The van der Waals surface area contributed by atoms with Crippen molar-refractivity contribution in [2.24, 2.45) is 0 Å². The van der Waals surface area contributed by atoms with E-state index >= 15 is 0 Å². The molecule has 4 rings (SSSR count). The van der Waals surface area contributed by atoms with Crippen molar-refractivity contribution in [2.75, 3.05) is 20.1 Å². The van der Waals surface area contributed by atoms with Crippen LogP contribution in [-0.4, -0.2) is 42.1 Å². The van der Waals surface area contributed by atoms with Crippen molar-refractivity contribution in [1.82, 2.24) is 20.5 Å². The summed E-state index contributed by atoms with van der Waals surface area (Å²) in [5.41, 5.74) is -1.96. The maximum absolute atomic E-state index is 14.7. The van der Waals surface area contributed by atoms with Gasteiger partial charge in [0.05, 0.1) is 16.3 Å². The largest absolute Gasteiger partial charge is 0.416 e. The van der Waals surface area contributed by atoms with Crippen LogP contribution < -0.4 is 10.6 Å². The van der Waals surface area contributed by atoms with Crippen molar-refractivity contribution >= 4 is 17.6 Å². The number of hydrogen-bond acceptors (Lipinski definition) is 3. The van der Waals surface area contributed by atoms with Gasteiger partial charge in [0.15, 0.2) is 0 Å². The lowest BCUT2D eigenvalue weighted by Crippen LogP contribution is -2.55. The number of rotatable bonds is 6. The number of pyridine rings is 1. The van der Waals surface area contributed by atoms with Gasteiger partial charge in [-0.1, -0.05) is 41.9 Å². The van der Waals surface area contributed by atoms with Crippen molar-refractivity contribution < 1.29 is 22.4 Å². The second-order valence-corrected chi connectivity index (χ2v) is 9.77. The van der Waals surface area contributed by atoms with Crippen LogP contribution in [0.1, 0.15) is 35.2 Å². The molecule has 10 heteroatoms. The summed E-state index contributed by atoms with van der Waals surface area (Å²) in [5.74, 6) is -1.08. The number of carbonyl (C=O) groups excluding carboxylic acids is 1. The van der Waals surface area contributed by atoms with Crippen LogP contribution >= 0.6 is 11.6 Å². The zero-order valence-corrected chi connectivity index (χ0v) is 20.9. The Morgan fingerprint density at radius 2 is 1.73 bits per heavy atom. The first-order chi connectivity index (χ1) is 17.5. The first-order valence-corrected chi connectivity index (χ1v) is 12.2. The average molecular weight is 535 g/mol. The number of likely N-dealkylation sites (tertiary alicyclic amines) is 1. The number of urea groups is 1. The molecule has 0 bridgehead atoms. The maximum atomic E-state index is 14.7. The number of carbonyl (C=O) groups is 1. The second kappa shape index (κ2) is 11.1. The molecular weight excluding hydrogens is 508 g/mol. The monoisotopic (exact) mass is 534 g/mol. The molecule has 1 aliphatic heterocycles. The minimum atomic E-state index is -4.79. The Kier molecular flexibility index (Phi) is 8.04. The fourth-order valence-electron chi connectivity index (χ4n) is 4.62. The Morgan fingerprint density at radius 3 is 2.35 bits per heavy atom. The van der Waals surface area contributed by atoms with E-state index in [1.54, 1.807) is 30.3 Å². The number of aromatic nitrogens is 1. The summed E-state index contributed by atoms with van der Waals surface area (Å²) in [5, 5.41) is 6.15. The Morgan fingerprint density at radius 1 is 1.05 bits per heavy atom. The maximum Gasteiger partial charge on any atom is 0.416 e. The molecule has 2 aromatic carbocycles. The number of piperidine rings is 1. The molecule has 1 fully saturated rings. The minimum absolute atomic E-state index is 0.0179. The fraction of sp³-hybridized carbons (Fsp3) is 0.333. The summed E-state index contributed by atoms with van der Waals surface area (Å²) >= 11 is 6.05. The Balaban J connectivity index is 1.84. The summed E-state index contributed by atoms with van der Waals surface area (Å²) in [6, 6.07) is 13.6. The third-order valence-corrected chi connectivity index (χ3v) is 6.80. The molecule has 196 valence electrons. The molecule has 2 heterocycles. The van der Waals surface area contributed by atoms with Gasteiger partial charge in [-0.15, -0.1) is 0 Å². The first kappa shape index (κ1) is 26.9. The lowest BCUT2D eigenvalue weighted by molar-refractivity contribution is -0.137. The van der Waals surface area contributed by atoms with Crippen molar-refractivity contribution in [3.63, 3.8) is 0 Å². The van der Waals surface area contributed by atoms with Crippen molar-refractivity contribution in [3.05, 3.63) is 100 Å². The normalized spacial score (nSPS) is 16.7. The van der Waals surface area contributed by atoms with Gasteiger partial charge >= 0.3 is 12.2 Å². The molecule has 0 radical (unpaired) electrons. The highest BCUT2D eigenvalue weighted by Gasteiger charge is 2.41. The van der Waals surface area contributed by atoms with Crippen LogP contribution in [0.15, 0.2) is 66.9 Å². The van der Waals surface area contributed by atoms with E-state index in [-0.39, 0.29) is 23.7 Å². The van der Waals surface area contributed by atoms with Gasteiger partial charge in [0.25, 0.3) is 0 Å². The predicted molar refractivity (Wildman–Crippen MR) is 134 cm³/mol. The highest BCUT2D eigenvalue weighted by molar-refractivity contribution is 6.30. The molecule has 1 aromatic heterocycles. The van der Waals surface area contributed by atoms with Gasteiger partial charge in [0.1, 0.15) is 11.4 Å². The van der Waals surface area contributed by atoms with Crippen LogP contribution in [0.4, 0.5) is 22.4 Å². The number of nitrogens with zero attached hydrogens (tertiary/aromatic N) is 2. The van der Waals surface area contributed by atoms with Gasteiger partial charge in [-0.05, 0) is 74.4 Å². The molecule has 1 atom stereocenters. The van der Waals surface area contributed by atoms with Gasteiger partial charge < -0.3 is 15.5 Å². The Labute approximate surface area is 217 Å². The molecule has 3 aromatic rings. The van der Waals surface area contributed by atoms with E-state index < -0.39 is 29.1 Å². The molecule has 0 saturated carbocycles. The van der Waals surface area contributed by atoms with Crippen LogP contribution in [0.25, 0.3) is 0 Å². The van der Waals surface area contributed by atoms with Crippen molar-refractivity contribution in [3.8, 4) is 0 Å². The Hall–Kier alpha value is -3.17. The van der Waals surface area contributed by atoms with E-state index in [4.69, 9.17) is 11.6 Å². The number of amides is 2. The molecule has 2 amide bonds. The third kappa shape index (κ3) is 6.59. The van der Waals surface area contributed by atoms with Crippen molar-refractivity contribution in [1.29, 1.82) is 0 Å². The number of benzene rings is 2. The summed E-state index contributed by atoms with van der Waals surface area (Å²) in [7, 11) is 2.00. The zero-order chi connectivity index (χ0) is 26.6. The van der Waals surface area contributed by atoms with E-state index in [2.05, 4.69) is 20.5 Å². The fourth-order valence-corrected chi connectivity index (χ4v) is 4.73. The molecule has 37 heavy (non-hydrogen) atoms. The highest BCUT2D eigenvalue weighted by atomic mass is 35.5. The molecule has 1 saturated heterocycles. The number of alkyl halides is 3. The van der Waals surface area contributed by atoms with Crippen molar-refractivity contribution in [2.45, 2.75) is 37.0 Å². The van der Waals surface area contributed by atoms with Gasteiger partial charge in [0, 0.05) is 18.7 Å². The number of nitrogens with one attached hydrogen (secondary N) is 2. The quantitative estimate of drug-likeness (QED) is 0.395. The van der Waals surface area contributed by atoms with E-state index in [1.807, 2.05) is 7.05 Å². The Bertz CT molecular complexity index is 1220. The van der Waals surface area contributed by atoms with Gasteiger partial charge in [-0.25, -0.2) is 9.18 Å². The topological polar surface area (TPSA) is 57.3 Å². The van der Waals surface area contributed by atoms with Gasteiger partial charge in [-0.2, -0.15) is 13.2 Å². The van der Waals surface area contributed by atoms with E-state index in [1.165, 1.54) is 18.3 Å². The summed E-state index contributed by atoms with van der Waals surface area (Å²) < 4.78 is 55.8. The summed E-state index contributed by atoms with van der Waals surface area (Å²) in [6.45, 7) is 1.61. The molecule has 2 N–H and O–H groups in total. The third-order valence-electron chi connectivity index (χ3n) is 6.58. The number of hydrogen-bond donors (Lipinski definition) is 2. The van der Waals surface area contributed by atoms with Gasteiger partial charge in [0.2, 0.25) is 0 Å². The predicted octanol–water partition coefficient (Wildman–Crippen LogP) is 5.77. The molecule has 1 aliphatic rings. The minimum Gasteiger partial charge on any atom is -0.335 e. The van der Waals surface area contributed by atoms with E-state index in [0.29, 0.717) is 16.7 Å². The average Bonchev–Trinajstić information content (AvgIpc) is 2.85. The van der Waals surface area contributed by atoms with Crippen LogP contribution in [-0.2, 0) is 18.1 Å². The summed E-state index contributed by atoms with van der Waals surface area (Å²) in [6.07, 6.45) is -1.97. The molecule has 0 aliphatic carbocycles. The molecule has 5 nitrogen and oxygen atoms in total. The molecule has 0 spiro atoms. The highest BCUT2D eigenvalue weighted by Crippen LogP contribution is 2.38. The van der Waals surface area contributed by atoms with Gasteiger partial charge in [-0.3, -0.25) is 4.98 Å². The zero-order valence-electron chi connectivity index (χ0n) is 20.2. The lowest BCUT2D eigenvalue weighted by atomic mass is 9.79. The van der Waals surface area contributed by atoms with E-state index in [9.17, 15) is 22.4 Å². The summed E-state index contributed by atoms with van der Waals surface area (Å²) in [4.78, 5) is 19.9. The van der Waals surface area contributed by atoms with Crippen LogP contribution in [0.3, 0.4) is 0 Å². The number of halogens is 5. The second-order valence-electron chi connectivity index (χ2n) is 9.33. The van der Waals surface area contributed by atoms with Crippen LogP contribution in [0, 0.1) is 5.82 Å². The molecular formula is C27H27ClF4N4O. The smallest absolute Gasteiger partial charge is 0.335 e. The molecule has 0 unspecified atom stereocenters.